The predicted molar refractivity (Wildman–Crippen MR) is 112 cm³/mol. The molecule has 2 aliphatic rings. The lowest BCUT2D eigenvalue weighted by Gasteiger charge is -2.23. The summed E-state index contributed by atoms with van der Waals surface area (Å²) in [5.41, 5.74) is 4.87. The first-order valence-electron chi connectivity index (χ1n) is 7.42. The molecule has 0 saturated heterocycles. The third-order valence-electron chi connectivity index (χ3n) is 4.07. The molecule has 0 saturated carbocycles. The van der Waals surface area contributed by atoms with E-state index in [1.807, 2.05) is 59.9 Å². The Morgan fingerprint density at radius 3 is 1.54 bits per heavy atom. The van der Waals surface area contributed by atoms with Crippen molar-refractivity contribution in [2.75, 3.05) is 10.7 Å². The lowest BCUT2D eigenvalue weighted by Crippen LogP contribution is -2.14. The number of thioether (sulfide) groups is 2. The van der Waals surface area contributed by atoms with Crippen LogP contribution in [0.4, 0.5) is 0 Å². The quantitative estimate of drug-likeness (QED) is 0.394. The summed E-state index contributed by atoms with van der Waals surface area (Å²) in [5, 5.41) is 1.70. The molecule has 2 aromatic rings. The van der Waals surface area contributed by atoms with Crippen LogP contribution in [-0.2, 0) is 0 Å². The molecular formula is C19H12Br2OS2. The number of fused-ring (bicyclic) bond motifs is 2. The van der Waals surface area contributed by atoms with Crippen LogP contribution in [-0.4, -0.2) is 16.4 Å². The number of benzene rings is 2. The van der Waals surface area contributed by atoms with E-state index in [1.165, 1.54) is 19.6 Å². The molecule has 120 valence electrons. The lowest BCUT2D eigenvalue weighted by molar-refractivity contribution is 0.103. The Morgan fingerprint density at radius 2 is 1.12 bits per heavy atom. The average Bonchev–Trinajstić information content (AvgIpc) is 3.05. The van der Waals surface area contributed by atoms with Gasteiger partial charge in [0.25, 0.3) is 0 Å². The van der Waals surface area contributed by atoms with Crippen molar-refractivity contribution in [3.8, 4) is 0 Å². The molecule has 1 aliphatic heterocycles. The smallest absolute Gasteiger partial charge is 0.194 e. The van der Waals surface area contributed by atoms with Crippen LogP contribution in [0.15, 0.2) is 62.6 Å². The second-order valence-electron chi connectivity index (χ2n) is 5.40. The minimum Gasteiger partial charge on any atom is -0.289 e. The van der Waals surface area contributed by atoms with Gasteiger partial charge in [-0.25, -0.2) is 0 Å². The van der Waals surface area contributed by atoms with Crippen LogP contribution < -0.4 is 0 Å². The number of carbonyl (C=O) groups excluding carboxylic acids is 1. The van der Waals surface area contributed by atoms with Crippen LogP contribution >= 0.6 is 55.4 Å². The van der Waals surface area contributed by atoms with E-state index in [0.29, 0.717) is 0 Å². The van der Waals surface area contributed by atoms with Crippen molar-refractivity contribution in [3.05, 3.63) is 84.8 Å². The highest BCUT2D eigenvalue weighted by Crippen LogP contribution is 2.55. The van der Waals surface area contributed by atoms with Crippen molar-refractivity contribution in [1.29, 1.82) is 0 Å². The standard InChI is InChI=1S/C19H12Br2OS2/c20-9-15-16(10-21)24-19(23-15)17-11-5-1-3-7-13(11)18(22)14-8-4-2-6-12(14)17/h1-8H,9-10H2. The molecule has 0 aromatic heterocycles. The molecule has 1 nitrogen and oxygen atoms in total. The van der Waals surface area contributed by atoms with Crippen molar-refractivity contribution in [2.24, 2.45) is 0 Å². The summed E-state index contributed by atoms with van der Waals surface area (Å²) >= 11 is 10.8. The molecule has 0 atom stereocenters. The molecule has 0 spiro atoms. The molecule has 1 heterocycles. The Labute approximate surface area is 166 Å². The van der Waals surface area contributed by atoms with Crippen molar-refractivity contribution in [3.63, 3.8) is 0 Å². The highest BCUT2D eigenvalue weighted by molar-refractivity contribution is 9.09. The number of halogens is 2. The molecule has 2 aromatic carbocycles. The number of hydrogen-bond donors (Lipinski definition) is 0. The summed E-state index contributed by atoms with van der Waals surface area (Å²) in [6, 6.07) is 15.9. The van der Waals surface area contributed by atoms with Gasteiger partial charge >= 0.3 is 0 Å². The largest absolute Gasteiger partial charge is 0.289 e. The van der Waals surface area contributed by atoms with Gasteiger partial charge in [-0.2, -0.15) is 0 Å². The van der Waals surface area contributed by atoms with Crippen molar-refractivity contribution < 1.29 is 4.79 Å². The fourth-order valence-corrected chi connectivity index (χ4v) is 7.30. The molecule has 1 aliphatic carbocycles. The van der Waals surface area contributed by atoms with Gasteiger partial charge in [0, 0.05) is 37.2 Å². The number of allylic oxidation sites excluding steroid dienone is 2. The summed E-state index contributed by atoms with van der Waals surface area (Å²) in [6.45, 7) is 0. The summed E-state index contributed by atoms with van der Waals surface area (Å²) in [5.74, 6) is 0.118. The van der Waals surface area contributed by atoms with E-state index in [-0.39, 0.29) is 5.78 Å². The number of carbonyl (C=O) groups is 1. The van der Waals surface area contributed by atoms with Gasteiger partial charge in [0.05, 0.1) is 4.24 Å². The maximum atomic E-state index is 12.8. The molecule has 5 heteroatoms. The van der Waals surface area contributed by atoms with Crippen LogP contribution in [0.25, 0.3) is 5.57 Å². The van der Waals surface area contributed by atoms with E-state index in [2.05, 4.69) is 44.0 Å². The molecule has 0 fully saturated rings. The number of alkyl halides is 2. The van der Waals surface area contributed by atoms with Gasteiger partial charge in [-0.1, -0.05) is 104 Å². The van der Waals surface area contributed by atoms with Crippen LogP contribution in [0.1, 0.15) is 27.0 Å². The van der Waals surface area contributed by atoms with Gasteiger partial charge < -0.3 is 0 Å². The molecule has 0 unspecified atom stereocenters. The minimum atomic E-state index is 0.118. The second kappa shape index (κ2) is 6.87. The topological polar surface area (TPSA) is 17.1 Å². The first-order chi connectivity index (χ1) is 11.7. The highest BCUT2D eigenvalue weighted by Gasteiger charge is 2.31. The minimum absolute atomic E-state index is 0.118. The van der Waals surface area contributed by atoms with E-state index >= 15 is 0 Å². The van der Waals surface area contributed by atoms with Gasteiger partial charge in [-0.15, -0.1) is 0 Å². The highest BCUT2D eigenvalue weighted by atomic mass is 79.9. The Hall–Kier alpha value is -0.750. The fourth-order valence-electron chi connectivity index (χ4n) is 2.97. The zero-order chi connectivity index (χ0) is 16.7. The molecule has 4 rings (SSSR count). The van der Waals surface area contributed by atoms with Gasteiger partial charge in [0.15, 0.2) is 5.78 Å². The van der Waals surface area contributed by atoms with E-state index in [1.54, 1.807) is 0 Å². The average molecular weight is 480 g/mol. The molecule has 0 bridgehead atoms. The molecule has 0 radical (unpaired) electrons. The molecule has 0 amide bonds. The zero-order valence-corrected chi connectivity index (χ0v) is 17.3. The number of hydrogen-bond acceptors (Lipinski definition) is 3. The first kappa shape index (κ1) is 16.7. The second-order valence-corrected chi connectivity index (χ2v) is 8.99. The number of ketones is 1. The summed E-state index contributed by atoms with van der Waals surface area (Å²) in [7, 11) is 0. The Balaban J connectivity index is 1.96. The molecular weight excluding hydrogens is 468 g/mol. The summed E-state index contributed by atoms with van der Waals surface area (Å²) in [4.78, 5) is 15.5. The molecule has 0 N–H and O–H groups in total. The first-order valence-corrected chi connectivity index (χ1v) is 11.3. The van der Waals surface area contributed by atoms with Gasteiger partial charge in [0.1, 0.15) is 0 Å². The fraction of sp³-hybridized carbons (Fsp3) is 0.105. The van der Waals surface area contributed by atoms with Crippen molar-refractivity contribution >= 4 is 66.7 Å². The third kappa shape index (κ3) is 2.66. The van der Waals surface area contributed by atoms with Crippen molar-refractivity contribution in [1.82, 2.24) is 0 Å². The van der Waals surface area contributed by atoms with Crippen LogP contribution in [0.3, 0.4) is 0 Å². The monoisotopic (exact) mass is 478 g/mol. The van der Waals surface area contributed by atoms with E-state index < -0.39 is 0 Å². The normalized spacial score (nSPS) is 16.5. The maximum absolute atomic E-state index is 12.8. The zero-order valence-electron chi connectivity index (χ0n) is 12.5. The number of rotatable bonds is 2. The lowest BCUT2D eigenvalue weighted by atomic mass is 9.82. The van der Waals surface area contributed by atoms with Gasteiger partial charge in [-0.05, 0) is 11.1 Å². The third-order valence-corrected chi connectivity index (χ3v) is 8.62. The SMILES string of the molecule is O=C1c2ccccc2C(=C2SC(CBr)=C(CBr)S2)c2ccccc21. The van der Waals surface area contributed by atoms with Crippen LogP contribution in [0.5, 0.6) is 0 Å². The Morgan fingerprint density at radius 1 is 0.708 bits per heavy atom. The van der Waals surface area contributed by atoms with Gasteiger partial charge in [-0.3, -0.25) is 4.79 Å². The van der Waals surface area contributed by atoms with E-state index in [0.717, 1.165) is 32.9 Å². The molecule has 24 heavy (non-hydrogen) atoms. The Kier molecular flexibility index (Phi) is 4.78. The van der Waals surface area contributed by atoms with Crippen LogP contribution in [0.2, 0.25) is 0 Å². The van der Waals surface area contributed by atoms with Crippen molar-refractivity contribution in [2.45, 2.75) is 0 Å². The van der Waals surface area contributed by atoms with E-state index in [9.17, 15) is 4.79 Å². The van der Waals surface area contributed by atoms with Crippen LogP contribution in [0, 0.1) is 0 Å². The summed E-state index contributed by atoms with van der Waals surface area (Å²) in [6.07, 6.45) is 0. The Bertz CT molecular complexity index is 846. The predicted octanol–water partition coefficient (Wildman–Crippen LogP) is 6.43. The van der Waals surface area contributed by atoms with E-state index in [4.69, 9.17) is 0 Å². The van der Waals surface area contributed by atoms with Gasteiger partial charge in [0.2, 0.25) is 0 Å². The summed E-state index contributed by atoms with van der Waals surface area (Å²) < 4.78 is 1.26. The maximum Gasteiger partial charge on any atom is 0.194 e.